The van der Waals surface area contributed by atoms with Crippen LogP contribution in [0, 0.1) is 5.92 Å². The van der Waals surface area contributed by atoms with Crippen molar-refractivity contribution in [3.05, 3.63) is 12.0 Å². The maximum atomic E-state index is 11.2. The summed E-state index contributed by atoms with van der Waals surface area (Å²) in [6.07, 6.45) is 4.20. The number of hydrogen-bond acceptors (Lipinski definition) is 2. The molecule has 1 atom stereocenters. The lowest BCUT2D eigenvalue weighted by atomic mass is 10.0. The lowest BCUT2D eigenvalue weighted by Gasteiger charge is -2.12. The van der Waals surface area contributed by atoms with Crippen molar-refractivity contribution in [1.82, 2.24) is 0 Å². The highest BCUT2D eigenvalue weighted by Crippen LogP contribution is 2.15. The van der Waals surface area contributed by atoms with Gasteiger partial charge in [-0.15, -0.1) is 0 Å². The third-order valence-electron chi connectivity index (χ3n) is 2.27. The molecule has 1 unspecified atom stereocenters. The second-order valence-electron chi connectivity index (χ2n) is 3.41. The van der Waals surface area contributed by atoms with Gasteiger partial charge < -0.3 is 0 Å². The fraction of sp³-hybridized carbons (Fsp3) is 0.800. The molecule has 0 bridgehead atoms. The minimum absolute atomic E-state index is 0.271. The van der Waals surface area contributed by atoms with E-state index in [1.54, 1.807) is 0 Å². The zero-order valence-electron chi connectivity index (χ0n) is 8.62. The summed E-state index contributed by atoms with van der Waals surface area (Å²) in [5.74, 6) is 0.579. The van der Waals surface area contributed by atoms with Gasteiger partial charge in [0.25, 0.3) is 0 Å². The molecule has 2 nitrogen and oxygen atoms in total. The first-order chi connectivity index (χ1) is 6.05. The second-order valence-corrected chi connectivity index (χ2v) is 5.41. The molecule has 0 saturated carbocycles. The van der Waals surface area contributed by atoms with Crippen molar-refractivity contribution in [3.63, 3.8) is 0 Å². The monoisotopic (exact) mass is 204 g/mol. The Morgan fingerprint density at radius 1 is 1.38 bits per heavy atom. The van der Waals surface area contributed by atoms with Gasteiger partial charge in [-0.05, 0) is 12.3 Å². The van der Waals surface area contributed by atoms with Crippen LogP contribution in [0.15, 0.2) is 12.0 Å². The maximum absolute atomic E-state index is 11.2. The third-order valence-corrected chi connectivity index (χ3v) is 3.71. The van der Waals surface area contributed by atoms with E-state index in [0.29, 0.717) is 5.92 Å². The standard InChI is InChI=1S/C10H20O2S/c1-4-7-8-10(5-2)9-13(11,12)6-3/h6,10H,3-5,7-9H2,1-2H3. The van der Waals surface area contributed by atoms with E-state index in [-0.39, 0.29) is 5.75 Å². The zero-order valence-corrected chi connectivity index (χ0v) is 9.44. The molecule has 0 heterocycles. The molecule has 0 aliphatic rings. The summed E-state index contributed by atoms with van der Waals surface area (Å²) >= 11 is 0. The van der Waals surface area contributed by atoms with Crippen LogP contribution in [-0.2, 0) is 9.84 Å². The van der Waals surface area contributed by atoms with Crippen molar-refractivity contribution in [3.8, 4) is 0 Å². The fourth-order valence-corrected chi connectivity index (χ4v) is 2.49. The van der Waals surface area contributed by atoms with Gasteiger partial charge >= 0.3 is 0 Å². The molecule has 0 fully saturated rings. The van der Waals surface area contributed by atoms with Gasteiger partial charge in [0.15, 0.2) is 9.84 Å². The summed E-state index contributed by atoms with van der Waals surface area (Å²) < 4.78 is 22.4. The number of hydrogen-bond donors (Lipinski definition) is 0. The summed E-state index contributed by atoms with van der Waals surface area (Å²) in [5.41, 5.74) is 0. The quantitative estimate of drug-likeness (QED) is 0.639. The molecule has 0 spiro atoms. The SMILES string of the molecule is C=CS(=O)(=O)CC(CC)CCCC. The predicted molar refractivity (Wildman–Crippen MR) is 57.3 cm³/mol. The Morgan fingerprint density at radius 2 is 2.00 bits per heavy atom. The lowest BCUT2D eigenvalue weighted by Crippen LogP contribution is -2.13. The number of sulfone groups is 1. The first kappa shape index (κ1) is 12.7. The molecule has 0 N–H and O–H groups in total. The van der Waals surface area contributed by atoms with E-state index in [1.165, 1.54) is 0 Å². The Morgan fingerprint density at radius 3 is 2.38 bits per heavy atom. The van der Waals surface area contributed by atoms with E-state index in [2.05, 4.69) is 13.5 Å². The highest BCUT2D eigenvalue weighted by Gasteiger charge is 2.13. The lowest BCUT2D eigenvalue weighted by molar-refractivity contribution is 0.486. The number of rotatable bonds is 7. The van der Waals surface area contributed by atoms with E-state index in [4.69, 9.17) is 0 Å². The van der Waals surface area contributed by atoms with Crippen LogP contribution >= 0.6 is 0 Å². The Hall–Kier alpha value is -0.310. The largest absolute Gasteiger partial charge is 0.224 e. The molecule has 3 heteroatoms. The average Bonchev–Trinajstić information content (AvgIpc) is 2.12. The highest BCUT2D eigenvalue weighted by molar-refractivity contribution is 7.94. The van der Waals surface area contributed by atoms with Gasteiger partial charge in [-0.3, -0.25) is 0 Å². The molecule has 0 aromatic carbocycles. The summed E-state index contributed by atoms with van der Waals surface area (Å²) in [6, 6.07) is 0. The van der Waals surface area contributed by atoms with Crippen molar-refractivity contribution in [1.29, 1.82) is 0 Å². The Bertz CT molecular complexity index is 229. The van der Waals surface area contributed by atoms with Crippen LogP contribution in [-0.4, -0.2) is 14.2 Å². The minimum atomic E-state index is -3.00. The smallest absolute Gasteiger partial charge is 0.171 e. The van der Waals surface area contributed by atoms with Crippen LogP contribution in [0.25, 0.3) is 0 Å². The summed E-state index contributed by atoms with van der Waals surface area (Å²) in [4.78, 5) is 0. The highest BCUT2D eigenvalue weighted by atomic mass is 32.2. The van der Waals surface area contributed by atoms with E-state index in [9.17, 15) is 8.42 Å². The van der Waals surface area contributed by atoms with Crippen molar-refractivity contribution < 1.29 is 8.42 Å². The van der Waals surface area contributed by atoms with Gasteiger partial charge in [0.1, 0.15) is 0 Å². The first-order valence-corrected chi connectivity index (χ1v) is 6.62. The molecule has 0 radical (unpaired) electrons. The summed E-state index contributed by atoms with van der Waals surface area (Å²) in [6.45, 7) is 7.47. The molecular formula is C10H20O2S. The van der Waals surface area contributed by atoms with Crippen LogP contribution in [0.5, 0.6) is 0 Å². The third kappa shape index (κ3) is 5.86. The molecule has 0 aromatic heterocycles. The summed E-state index contributed by atoms with van der Waals surface area (Å²) in [7, 11) is -3.00. The molecule has 0 rings (SSSR count). The van der Waals surface area contributed by atoms with Crippen LogP contribution in [0.2, 0.25) is 0 Å². The van der Waals surface area contributed by atoms with E-state index >= 15 is 0 Å². The van der Waals surface area contributed by atoms with Crippen LogP contribution in [0.4, 0.5) is 0 Å². The van der Waals surface area contributed by atoms with Crippen LogP contribution in [0.1, 0.15) is 39.5 Å². The molecule has 0 amide bonds. The molecule has 13 heavy (non-hydrogen) atoms. The number of unbranched alkanes of at least 4 members (excludes halogenated alkanes) is 1. The summed E-state index contributed by atoms with van der Waals surface area (Å²) in [5, 5.41) is 1.07. The average molecular weight is 204 g/mol. The van der Waals surface area contributed by atoms with Crippen molar-refractivity contribution in [2.75, 3.05) is 5.75 Å². The van der Waals surface area contributed by atoms with Gasteiger partial charge in [0, 0.05) is 5.41 Å². The molecule has 0 aliphatic carbocycles. The Labute approximate surface area is 82.0 Å². The van der Waals surface area contributed by atoms with Gasteiger partial charge in [0.05, 0.1) is 5.75 Å². The van der Waals surface area contributed by atoms with Crippen molar-refractivity contribution in [2.24, 2.45) is 5.92 Å². The van der Waals surface area contributed by atoms with E-state index in [0.717, 1.165) is 31.1 Å². The normalized spacial score (nSPS) is 14.0. The predicted octanol–water partition coefficient (Wildman–Crippen LogP) is 2.76. The van der Waals surface area contributed by atoms with Gasteiger partial charge in [0.2, 0.25) is 0 Å². The van der Waals surface area contributed by atoms with Crippen molar-refractivity contribution >= 4 is 9.84 Å². The Kier molecular flexibility index (Phi) is 6.04. The second kappa shape index (κ2) is 6.19. The molecule has 0 aromatic rings. The van der Waals surface area contributed by atoms with Gasteiger partial charge in [-0.1, -0.05) is 39.7 Å². The zero-order chi connectivity index (χ0) is 10.3. The molecule has 78 valence electrons. The van der Waals surface area contributed by atoms with Gasteiger partial charge in [-0.2, -0.15) is 0 Å². The van der Waals surface area contributed by atoms with Crippen molar-refractivity contribution in [2.45, 2.75) is 39.5 Å². The minimum Gasteiger partial charge on any atom is -0.224 e. The fourth-order valence-electron chi connectivity index (χ4n) is 1.29. The first-order valence-electron chi connectivity index (χ1n) is 4.90. The molecule has 0 aliphatic heterocycles. The topological polar surface area (TPSA) is 34.1 Å². The van der Waals surface area contributed by atoms with E-state index < -0.39 is 9.84 Å². The molecule has 0 saturated heterocycles. The van der Waals surface area contributed by atoms with Crippen LogP contribution in [0.3, 0.4) is 0 Å². The van der Waals surface area contributed by atoms with Gasteiger partial charge in [-0.25, -0.2) is 8.42 Å². The maximum Gasteiger partial charge on any atom is 0.171 e. The molecular weight excluding hydrogens is 184 g/mol. The van der Waals surface area contributed by atoms with E-state index in [1.807, 2.05) is 6.92 Å². The Balaban J connectivity index is 4.05. The van der Waals surface area contributed by atoms with Crippen LogP contribution < -0.4 is 0 Å².